The third kappa shape index (κ3) is 3.52. The Kier molecular flexibility index (Phi) is 4.60. The number of benzene rings is 2. The molecule has 1 heterocycles. The fourth-order valence-electron chi connectivity index (χ4n) is 3.05. The van der Waals surface area contributed by atoms with Crippen molar-refractivity contribution in [1.29, 1.82) is 0 Å². The van der Waals surface area contributed by atoms with Crippen molar-refractivity contribution < 1.29 is 9.18 Å². The number of hydrogen-bond donors (Lipinski definition) is 1. The van der Waals surface area contributed by atoms with E-state index in [4.69, 9.17) is 0 Å². The molecule has 2 aromatic rings. The molecule has 0 bridgehead atoms. The molecule has 0 aromatic heterocycles. The van der Waals surface area contributed by atoms with E-state index < -0.39 is 0 Å². The Bertz CT molecular complexity index is 684. The van der Waals surface area contributed by atoms with Crippen LogP contribution in [0, 0.1) is 5.82 Å². The summed E-state index contributed by atoms with van der Waals surface area (Å²) < 4.78 is 12.9. The lowest BCUT2D eigenvalue weighted by Crippen LogP contribution is -2.47. The second-order valence-corrected chi connectivity index (χ2v) is 5.95. The van der Waals surface area contributed by atoms with E-state index in [-0.39, 0.29) is 17.8 Å². The summed E-state index contributed by atoms with van der Waals surface area (Å²) in [5.41, 5.74) is 3.35. The molecule has 3 nitrogen and oxygen atoms in total. The lowest BCUT2D eigenvalue weighted by atomic mass is 10.00. The molecule has 0 aliphatic carbocycles. The van der Waals surface area contributed by atoms with Crippen LogP contribution in [-0.2, 0) is 17.8 Å². The molecule has 1 aliphatic rings. The van der Waals surface area contributed by atoms with E-state index in [1.165, 1.54) is 17.7 Å². The summed E-state index contributed by atoms with van der Waals surface area (Å²) in [5, 5.41) is 2.94. The van der Waals surface area contributed by atoms with Crippen molar-refractivity contribution in [3.63, 3.8) is 0 Å². The SMILES string of the molecule is C[C@@H](C(=O)NCc1ccc(F)cc1)N1CCCc2ccccc21. The van der Waals surface area contributed by atoms with Crippen molar-refractivity contribution >= 4 is 11.6 Å². The molecule has 0 unspecified atom stereocenters. The van der Waals surface area contributed by atoms with Gasteiger partial charge in [-0.1, -0.05) is 30.3 Å². The Labute approximate surface area is 136 Å². The monoisotopic (exact) mass is 312 g/mol. The quantitative estimate of drug-likeness (QED) is 0.939. The number of nitrogens with zero attached hydrogens (tertiary/aromatic N) is 1. The highest BCUT2D eigenvalue weighted by Crippen LogP contribution is 2.28. The standard InChI is InChI=1S/C19H21FN2O/c1-14(19(23)21-13-15-8-10-17(20)11-9-15)22-12-4-6-16-5-2-3-7-18(16)22/h2-3,5,7-11,14H,4,6,12-13H2,1H3,(H,21,23)/t14-/m0/s1. The predicted molar refractivity (Wildman–Crippen MR) is 89.8 cm³/mol. The molecule has 0 saturated heterocycles. The predicted octanol–water partition coefficient (Wildman–Crippen LogP) is 3.28. The van der Waals surface area contributed by atoms with E-state index in [1.54, 1.807) is 12.1 Å². The molecule has 1 amide bonds. The summed E-state index contributed by atoms with van der Waals surface area (Å²) in [5.74, 6) is -0.274. The van der Waals surface area contributed by atoms with Crippen LogP contribution in [-0.4, -0.2) is 18.5 Å². The van der Waals surface area contributed by atoms with Crippen LogP contribution >= 0.6 is 0 Å². The number of para-hydroxylation sites is 1. The number of anilines is 1. The molecular weight excluding hydrogens is 291 g/mol. The Morgan fingerprint density at radius 2 is 1.96 bits per heavy atom. The topological polar surface area (TPSA) is 32.3 Å². The second kappa shape index (κ2) is 6.82. The number of halogens is 1. The Balaban J connectivity index is 1.65. The summed E-state index contributed by atoms with van der Waals surface area (Å²) in [6, 6.07) is 14.2. The van der Waals surface area contributed by atoms with E-state index in [0.717, 1.165) is 30.6 Å². The Hall–Kier alpha value is -2.36. The summed E-state index contributed by atoms with van der Waals surface area (Å²) in [4.78, 5) is 14.6. The van der Waals surface area contributed by atoms with Crippen molar-refractivity contribution in [2.24, 2.45) is 0 Å². The molecule has 0 saturated carbocycles. The normalized spacial score (nSPS) is 15.0. The highest BCUT2D eigenvalue weighted by Gasteiger charge is 2.25. The van der Waals surface area contributed by atoms with Gasteiger partial charge in [-0.25, -0.2) is 4.39 Å². The van der Waals surface area contributed by atoms with Crippen LogP contribution < -0.4 is 10.2 Å². The first kappa shape index (κ1) is 15.5. The molecule has 0 radical (unpaired) electrons. The van der Waals surface area contributed by atoms with E-state index >= 15 is 0 Å². The van der Waals surface area contributed by atoms with Gasteiger partial charge in [-0.2, -0.15) is 0 Å². The van der Waals surface area contributed by atoms with Gasteiger partial charge in [0.2, 0.25) is 5.91 Å². The fraction of sp³-hybridized carbons (Fsp3) is 0.316. The van der Waals surface area contributed by atoms with Crippen LogP contribution in [0.5, 0.6) is 0 Å². The van der Waals surface area contributed by atoms with Gasteiger partial charge in [0.05, 0.1) is 0 Å². The van der Waals surface area contributed by atoms with Crippen LogP contribution in [0.4, 0.5) is 10.1 Å². The average molecular weight is 312 g/mol. The first-order valence-corrected chi connectivity index (χ1v) is 8.02. The van der Waals surface area contributed by atoms with Gasteiger partial charge in [-0.15, -0.1) is 0 Å². The smallest absolute Gasteiger partial charge is 0.242 e. The van der Waals surface area contributed by atoms with Crippen molar-refractivity contribution in [2.45, 2.75) is 32.4 Å². The number of nitrogens with one attached hydrogen (secondary N) is 1. The number of aryl methyl sites for hydroxylation is 1. The number of fused-ring (bicyclic) bond motifs is 1. The maximum Gasteiger partial charge on any atom is 0.242 e. The zero-order valence-electron chi connectivity index (χ0n) is 13.3. The van der Waals surface area contributed by atoms with Crippen molar-refractivity contribution in [2.75, 3.05) is 11.4 Å². The van der Waals surface area contributed by atoms with Crippen LogP contribution in [0.2, 0.25) is 0 Å². The molecule has 1 N–H and O–H groups in total. The fourth-order valence-corrected chi connectivity index (χ4v) is 3.05. The minimum absolute atomic E-state index is 0.00831. The number of rotatable bonds is 4. The lowest BCUT2D eigenvalue weighted by Gasteiger charge is -2.35. The Morgan fingerprint density at radius 1 is 1.22 bits per heavy atom. The number of hydrogen-bond acceptors (Lipinski definition) is 2. The molecule has 4 heteroatoms. The minimum Gasteiger partial charge on any atom is -0.360 e. The molecule has 2 aromatic carbocycles. The van der Waals surface area contributed by atoms with Crippen molar-refractivity contribution in [3.05, 3.63) is 65.5 Å². The van der Waals surface area contributed by atoms with Gasteiger partial charge in [0, 0.05) is 18.8 Å². The molecule has 23 heavy (non-hydrogen) atoms. The molecule has 0 fully saturated rings. The first-order valence-electron chi connectivity index (χ1n) is 8.02. The first-order chi connectivity index (χ1) is 11.1. The van der Waals surface area contributed by atoms with E-state index in [9.17, 15) is 9.18 Å². The third-order valence-electron chi connectivity index (χ3n) is 4.37. The number of amides is 1. The van der Waals surface area contributed by atoms with Gasteiger partial charge >= 0.3 is 0 Å². The molecule has 1 aliphatic heterocycles. The van der Waals surface area contributed by atoms with Gasteiger partial charge in [-0.3, -0.25) is 4.79 Å². The molecule has 3 rings (SSSR count). The highest BCUT2D eigenvalue weighted by molar-refractivity contribution is 5.85. The molecule has 0 spiro atoms. The minimum atomic E-state index is -0.265. The highest BCUT2D eigenvalue weighted by atomic mass is 19.1. The number of carbonyl (C=O) groups excluding carboxylic acids is 1. The zero-order valence-corrected chi connectivity index (χ0v) is 13.3. The maximum atomic E-state index is 12.9. The molecule has 1 atom stereocenters. The van der Waals surface area contributed by atoms with E-state index in [0.29, 0.717) is 6.54 Å². The third-order valence-corrected chi connectivity index (χ3v) is 4.37. The summed E-state index contributed by atoms with van der Waals surface area (Å²) in [6.45, 7) is 3.24. The lowest BCUT2D eigenvalue weighted by molar-refractivity contribution is -0.122. The van der Waals surface area contributed by atoms with Gasteiger partial charge in [0.15, 0.2) is 0 Å². The largest absolute Gasteiger partial charge is 0.360 e. The maximum absolute atomic E-state index is 12.9. The Morgan fingerprint density at radius 3 is 2.74 bits per heavy atom. The van der Waals surface area contributed by atoms with Crippen LogP contribution in [0.25, 0.3) is 0 Å². The van der Waals surface area contributed by atoms with Gasteiger partial charge in [-0.05, 0) is 49.1 Å². The van der Waals surface area contributed by atoms with Crippen LogP contribution in [0.15, 0.2) is 48.5 Å². The summed E-state index contributed by atoms with van der Waals surface area (Å²) in [6.07, 6.45) is 2.13. The summed E-state index contributed by atoms with van der Waals surface area (Å²) >= 11 is 0. The van der Waals surface area contributed by atoms with Gasteiger partial charge in [0.1, 0.15) is 11.9 Å². The van der Waals surface area contributed by atoms with E-state index in [2.05, 4.69) is 22.3 Å². The van der Waals surface area contributed by atoms with Gasteiger partial charge in [0.25, 0.3) is 0 Å². The molecule has 120 valence electrons. The van der Waals surface area contributed by atoms with E-state index in [1.807, 2.05) is 19.1 Å². The molecular formula is C19H21FN2O. The zero-order chi connectivity index (χ0) is 16.2. The van der Waals surface area contributed by atoms with Crippen LogP contribution in [0.1, 0.15) is 24.5 Å². The van der Waals surface area contributed by atoms with Crippen molar-refractivity contribution in [3.8, 4) is 0 Å². The second-order valence-electron chi connectivity index (χ2n) is 5.95. The van der Waals surface area contributed by atoms with Crippen molar-refractivity contribution in [1.82, 2.24) is 5.32 Å². The number of carbonyl (C=O) groups is 1. The van der Waals surface area contributed by atoms with Crippen LogP contribution in [0.3, 0.4) is 0 Å². The summed E-state index contributed by atoms with van der Waals surface area (Å²) in [7, 11) is 0. The van der Waals surface area contributed by atoms with Gasteiger partial charge < -0.3 is 10.2 Å². The average Bonchev–Trinajstić information content (AvgIpc) is 2.60.